The highest BCUT2D eigenvalue weighted by molar-refractivity contribution is 7.16. The summed E-state index contributed by atoms with van der Waals surface area (Å²) in [6.07, 6.45) is 3.15. The third-order valence-corrected chi connectivity index (χ3v) is 6.48. The van der Waals surface area contributed by atoms with E-state index in [4.69, 9.17) is 4.42 Å². The topological polar surface area (TPSA) is 76.4 Å². The number of ether oxygens (including phenoxy) is 1. The average Bonchev–Trinajstić information content (AvgIpc) is 3.42. The van der Waals surface area contributed by atoms with E-state index in [9.17, 15) is 13.6 Å². The Hall–Kier alpha value is -3.72. The molecule has 0 fully saturated rings. The summed E-state index contributed by atoms with van der Waals surface area (Å²) < 4.78 is 35.0. The number of nitrogens with zero attached hydrogens (tertiary/aromatic N) is 1. The fourth-order valence-corrected chi connectivity index (χ4v) is 4.68. The molecule has 0 aliphatic heterocycles. The number of thiophene rings is 1. The van der Waals surface area contributed by atoms with Gasteiger partial charge < -0.3 is 19.8 Å². The molecule has 0 bridgehead atoms. The van der Waals surface area contributed by atoms with Crippen LogP contribution in [0, 0.1) is 20.8 Å². The largest absolute Gasteiger partial charge is 0.459 e. The van der Waals surface area contributed by atoms with Crippen LogP contribution >= 0.6 is 11.3 Å². The van der Waals surface area contributed by atoms with Crippen molar-refractivity contribution >= 4 is 28.1 Å². The minimum absolute atomic E-state index is 0.0655. The highest BCUT2D eigenvalue weighted by atomic mass is 32.1. The van der Waals surface area contributed by atoms with Gasteiger partial charge >= 0.3 is 6.61 Å². The van der Waals surface area contributed by atoms with E-state index in [1.807, 2.05) is 32.9 Å². The second-order valence-electron chi connectivity index (χ2n) is 7.70. The first-order valence-electron chi connectivity index (χ1n) is 10.5. The molecule has 0 aliphatic rings. The molecule has 0 unspecified atom stereocenters. The molecule has 0 saturated carbocycles. The molecule has 0 aliphatic carbocycles. The Morgan fingerprint density at radius 1 is 1.12 bits per heavy atom. The molecule has 1 amide bonds. The number of halogens is 2. The smallest absolute Gasteiger partial charge is 0.387 e. The molecule has 4 aromatic rings. The first kappa shape index (κ1) is 23.4. The van der Waals surface area contributed by atoms with Crippen LogP contribution in [0.3, 0.4) is 0 Å². The zero-order chi connectivity index (χ0) is 24.2. The van der Waals surface area contributed by atoms with Crippen molar-refractivity contribution in [3.63, 3.8) is 0 Å². The number of carbonyl (C=O) groups is 1. The minimum atomic E-state index is -2.90. The van der Waals surface area contributed by atoms with Gasteiger partial charge in [0.25, 0.3) is 5.91 Å². The maximum Gasteiger partial charge on any atom is 0.387 e. The van der Waals surface area contributed by atoms with Crippen LogP contribution in [0.1, 0.15) is 43.7 Å². The number of nitrogens with one attached hydrogen (secondary N) is 2. The molecule has 1 atom stereocenters. The number of aromatic nitrogens is 1. The van der Waals surface area contributed by atoms with Crippen LogP contribution in [-0.2, 0) is 0 Å². The Bertz CT molecular complexity index is 1270. The van der Waals surface area contributed by atoms with Gasteiger partial charge in [0.05, 0.1) is 12.3 Å². The van der Waals surface area contributed by atoms with Crippen molar-refractivity contribution in [1.29, 1.82) is 0 Å². The molecule has 1 aromatic carbocycles. The van der Waals surface area contributed by atoms with Crippen LogP contribution in [0.2, 0.25) is 0 Å². The third-order valence-electron chi connectivity index (χ3n) is 5.34. The summed E-state index contributed by atoms with van der Waals surface area (Å²) in [6, 6.07) is 13.1. The normalized spacial score (nSPS) is 11.9. The number of amides is 1. The van der Waals surface area contributed by atoms with Gasteiger partial charge in [0.1, 0.15) is 16.6 Å². The molecular weight excluding hydrogens is 460 g/mol. The van der Waals surface area contributed by atoms with Crippen molar-refractivity contribution in [3.05, 3.63) is 93.9 Å². The van der Waals surface area contributed by atoms with E-state index in [0.717, 1.165) is 27.1 Å². The van der Waals surface area contributed by atoms with Crippen LogP contribution in [0.15, 0.2) is 65.4 Å². The Kier molecular flexibility index (Phi) is 6.93. The monoisotopic (exact) mass is 483 g/mol. The summed E-state index contributed by atoms with van der Waals surface area (Å²) in [4.78, 5) is 18.2. The number of furan rings is 1. The number of benzene rings is 1. The van der Waals surface area contributed by atoms with E-state index >= 15 is 0 Å². The summed E-state index contributed by atoms with van der Waals surface area (Å²) in [5.41, 5.74) is 3.67. The number of carbonyl (C=O) groups excluding carboxylic acids is 1. The molecule has 176 valence electrons. The van der Waals surface area contributed by atoms with Crippen LogP contribution in [0.25, 0.3) is 0 Å². The molecule has 3 heterocycles. The number of rotatable bonds is 8. The summed E-state index contributed by atoms with van der Waals surface area (Å²) in [7, 11) is 0. The second-order valence-corrected chi connectivity index (χ2v) is 8.93. The fraction of sp³-hybridized carbons (Fsp3) is 0.200. The third kappa shape index (κ3) is 5.26. The Labute approximate surface area is 199 Å². The van der Waals surface area contributed by atoms with Gasteiger partial charge in [0.2, 0.25) is 0 Å². The van der Waals surface area contributed by atoms with Crippen molar-refractivity contribution in [1.82, 2.24) is 4.98 Å². The highest BCUT2D eigenvalue weighted by Crippen LogP contribution is 2.41. The Morgan fingerprint density at radius 3 is 2.53 bits per heavy atom. The first-order chi connectivity index (χ1) is 16.3. The first-order valence-corrected chi connectivity index (χ1v) is 11.3. The molecule has 6 nitrogen and oxygen atoms in total. The lowest BCUT2D eigenvalue weighted by molar-refractivity contribution is -0.0498. The van der Waals surface area contributed by atoms with Gasteiger partial charge in [-0.2, -0.15) is 8.78 Å². The maximum atomic E-state index is 12.7. The lowest BCUT2D eigenvalue weighted by Crippen LogP contribution is -2.18. The number of hydrogen-bond acceptors (Lipinski definition) is 6. The van der Waals surface area contributed by atoms with Crippen LogP contribution in [-0.4, -0.2) is 17.5 Å². The predicted octanol–water partition coefficient (Wildman–Crippen LogP) is 6.72. The van der Waals surface area contributed by atoms with Crippen LogP contribution in [0.5, 0.6) is 5.75 Å². The average molecular weight is 484 g/mol. The Morgan fingerprint density at radius 2 is 1.88 bits per heavy atom. The maximum absolute atomic E-state index is 12.7. The fourth-order valence-electron chi connectivity index (χ4n) is 3.58. The standard InChI is InChI=1S/C25H23F2N3O3S/c1-14-10-11-28-20(13-14)29-22(17-6-8-18(9-7-17)33-25(26)27)21-15(2)16(3)34-24(21)30-23(31)19-5-4-12-32-19/h4-13,22,25H,1-3H3,(H,28,29)(H,30,31)/t22-/m0/s1. The molecule has 3 aromatic heterocycles. The number of hydrogen-bond donors (Lipinski definition) is 2. The van der Waals surface area contributed by atoms with Gasteiger partial charge in [-0.3, -0.25) is 4.79 Å². The molecule has 2 N–H and O–H groups in total. The van der Waals surface area contributed by atoms with Gasteiger partial charge in [-0.15, -0.1) is 11.3 Å². The second kappa shape index (κ2) is 10.0. The SMILES string of the molecule is Cc1ccnc(N[C@@H](c2ccc(OC(F)F)cc2)c2c(NC(=O)c3ccco3)sc(C)c2C)c1. The number of aryl methyl sites for hydroxylation is 2. The lowest BCUT2D eigenvalue weighted by atomic mass is 9.96. The van der Waals surface area contributed by atoms with E-state index in [1.165, 1.54) is 29.7 Å². The molecule has 0 radical (unpaired) electrons. The van der Waals surface area contributed by atoms with Gasteiger partial charge in [-0.25, -0.2) is 4.98 Å². The van der Waals surface area contributed by atoms with E-state index in [2.05, 4.69) is 20.4 Å². The lowest BCUT2D eigenvalue weighted by Gasteiger charge is -2.23. The van der Waals surface area contributed by atoms with Crippen LogP contribution in [0.4, 0.5) is 19.6 Å². The highest BCUT2D eigenvalue weighted by Gasteiger charge is 2.26. The summed E-state index contributed by atoms with van der Waals surface area (Å²) in [6.45, 7) is 3.03. The number of alkyl halides is 2. The number of anilines is 2. The number of pyridine rings is 1. The minimum Gasteiger partial charge on any atom is -0.459 e. The molecule has 0 spiro atoms. The van der Waals surface area contributed by atoms with Gasteiger partial charge in [-0.1, -0.05) is 12.1 Å². The van der Waals surface area contributed by atoms with E-state index in [1.54, 1.807) is 30.5 Å². The summed E-state index contributed by atoms with van der Waals surface area (Å²) in [5.74, 6) is 0.550. The van der Waals surface area contributed by atoms with Crippen molar-refractivity contribution in [3.8, 4) is 5.75 Å². The Balaban J connectivity index is 1.76. The molecule has 9 heteroatoms. The van der Waals surface area contributed by atoms with E-state index in [-0.39, 0.29) is 17.4 Å². The zero-order valence-corrected chi connectivity index (χ0v) is 19.6. The summed E-state index contributed by atoms with van der Waals surface area (Å²) in [5, 5.41) is 7.07. The molecule has 4 rings (SSSR count). The predicted molar refractivity (Wildman–Crippen MR) is 128 cm³/mol. The quantitative estimate of drug-likeness (QED) is 0.291. The van der Waals surface area contributed by atoms with Gasteiger partial charge in [0, 0.05) is 16.6 Å². The van der Waals surface area contributed by atoms with Crippen molar-refractivity contribution in [2.24, 2.45) is 0 Å². The van der Waals surface area contributed by atoms with Gasteiger partial charge in [0.15, 0.2) is 5.76 Å². The van der Waals surface area contributed by atoms with Crippen molar-refractivity contribution in [2.75, 3.05) is 10.6 Å². The molecular formula is C25H23F2N3O3S. The molecule has 0 saturated heterocycles. The summed E-state index contributed by atoms with van der Waals surface area (Å²) >= 11 is 1.46. The zero-order valence-electron chi connectivity index (χ0n) is 18.8. The van der Waals surface area contributed by atoms with Crippen LogP contribution < -0.4 is 15.4 Å². The van der Waals surface area contributed by atoms with Crippen molar-refractivity contribution < 1.29 is 22.7 Å². The van der Waals surface area contributed by atoms with Crippen molar-refractivity contribution in [2.45, 2.75) is 33.4 Å². The van der Waals surface area contributed by atoms with E-state index in [0.29, 0.717) is 10.8 Å². The van der Waals surface area contributed by atoms with E-state index < -0.39 is 12.7 Å². The van der Waals surface area contributed by atoms with Gasteiger partial charge in [-0.05, 0) is 73.9 Å². The molecule has 34 heavy (non-hydrogen) atoms.